The Morgan fingerprint density at radius 1 is 1.38 bits per heavy atom. The molecule has 0 atom stereocenters. The number of hydrogen-bond acceptors (Lipinski definition) is 3. The third-order valence-corrected chi connectivity index (χ3v) is 4.03. The highest BCUT2D eigenvalue weighted by Gasteiger charge is 2.35. The molecule has 1 aromatic rings. The summed E-state index contributed by atoms with van der Waals surface area (Å²) >= 11 is 0. The fourth-order valence-electron chi connectivity index (χ4n) is 2.79. The zero-order chi connectivity index (χ0) is 15.1. The number of hydrogen-bond donors (Lipinski definition) is 2. The summed E-state index contributed by atoms with van der Waals surface area (Å²) in [6.45, 7) is 4.03. The molecule has 1 aliphatic rings. The van der Waals surface area contributed by atoms with Crippen LogP contribution in [0, 0.1) is 0 Å². The monoisotopic (exact) mass is 289 g/mol. The topological polar surface area (TPSA) is 58.6 Å². The van der Waals surface area contributed by atoms with Gasteiger partial charge in [-0.25, -0.2) is 4.79 Å². The predicted octanol–water partition coefficient (Wildman–Crippen LogP) is 3.16. The average Bonchev–Trinajstić information content (AvgIpc) is 2.50. The summed E-state index contributed by atoms with van der Waals surface area (Å²) in [5.41, 5.74) is 0.638. The van der Waals surface area contributed by atoms with E-state index in [0.717, 1.165) is 18.4 Å². The smallest absolute Gasteiger partial charge is 0.407 e. The zero-order valence-electron chi connectivity index (χ0n) is 12.3. The van der Waals surface area contributed by atoms with Gasteiger partial charge in [0.2, 0.25) is 0 Å². The van der Waals surface area contributed by atoms with Gasteiger partial charge in [-0.05, 0) is 37.7 Å². The van der Waals surface area contributed by atoms with E-state index in [0.29, 0.717) is 19.3 Å². The molecule has 1 aliphatic carbocycles. The van der Waals surface area contributed by atoms with Gasteiger partial charge in [0, 0.05) is 5.54 Å². The first-order valence-electron chi connectivity index (χ1n) is 7.41. The van der Waals surface area contributed by atoms with E-state index < -0.39 is 6.09 Å². The van der Waals surface area contributed by atoms with Crippen molar-refractivity contribution in [2.45, 2.75) is 50.4 Å². The summed E-state index contributed by atoms with van der Waals surface area (Å²) in [7, 11) is 0. The summed E-state index contributed by atoms with van der Waals surface area (Å²) in [5.74, 6) is 0. The first kappa shape index (κ1) is 15.6. The van der Waals surface area contributed by atoms with Crippen molar-refractivity contribution in [3.05, 3.63) is 48.6 Å². The first-order chi connectivity index (χ1) is 10.1. The maximum absolute atomic E-state index is 12.0. The minimum absolute atomic E-state index is 0.259. The number of nitrogens with one attached hydrogen (secondary N) is 1. The molecule has 2 N–H and O–H groups in total. The summed E-state index contributed by atoms with van der Waals surface area (Å²) in [6.07, 6.45) is 4.75. The van der Waals surface area contributed by atoms with Gasteiger partial charge >= 0.3 is 6.09 Å². The van der Waals surface area contributed by atoms with E-state index in [-0.39, 0.29) is 18.2 Å². The van der Waals surface area contributed by atoms with Crippen LogP contribution < -0.4 is 5.32 Å². The van der Waals surface area contributed by atoms with Crippen molar-refractivity contribution in [2.24, 2.45) is 0 Å². The normalized spacial score (nSPS) is 25.1. The van der Waals surface area contributed by atoms with Crippen molar-refractivity contribution in [3.8, 4) is 0 Å². The van der Waals surface area contributed by atoms with E-state index in [1.807, 2.05) is 36.4 Å². The van der Waals surface area contributed by atoms with Crippen molar-refractivity contribution < 1.29 is 14.6 Å². The highest BCUT2D eigenvalue weighted by molar-refractivity contribution is 5.68. The molecule has 4 nitrogen and oxygen atoms in total. The van der Waals surface area contributed by atoms with Crippen molar-refractivity contribution in [2.75, 3.05) is 0 Å². The second-order valence-electron chi connectivity index (χ2n) is 5.69. The van der Waals surface area contributed by atoms with E-state index in [1.54, 1.807) is 0 Å². The highest BCUT2D eigenvalue weighted by atomic mass is 16.5. The molecular weight excluding hydrogens is 266 g/mol. The number of ether oxygens (including phenoxy) is 1. The Balaban J connectivity index is 1.88. The molecule has 0 radical (unpaired) electrons. The minimum atomic E-state index is -0.405. The third kappa shape index (κ3) is 4.60. The van der Waals surface area contributed by atoms with Gasteiger partial charge in [-0.1, -0.05) is 36.4 Å². The van der Waals surface area contributed by atoms with Gasteiger partial charge in [-0.15, -0.1) is 6.58 Å². The lowest BCUT2D eigenvalue weighted by Crippen LogP contribution is -2.51. The number of amides is 1. The summed E-state index contributed by atoms with van der Waals surface area (Å²) in [5, 5.41) is 12.6. The maximum atomic E-state index is 12.0. The summed E-state index contributed by atoms with van der Waals surface area (Å²) in [4.78, 5) is 12.0. The molecule has 0 heterocycles. The van der Waals surface area contributed by atoms with Gasteiger partial charge in [0.05, 0.1) is 6.10 Å². The van der Waals surface area contributed by atoms with Crippen LogP contribution >= 0.6 is 0 Å². The van der Waals surface area contributed by atoms with Gasteiger partial charge in [-0.3, -0.25) is 0 Å². The quantitative estimate of drug-likeness (QED) is 0.819. The van der Waals surface area contributed by atoms with Crippen LogP contribution in [0.5, 0.6) is 0 Å². The van der Waals surface area contributed by atoms with E-state index in [9.17, 15) is 9.90 Å². The van der Waals surface area contributed by atoms with Crippen LogP contribution in [0.1, 0.15) is 37.7 Å². The molecule has 21 heavy (non-hydrogen) atoms. The van der Waals surface area contributed by atoms with Crippen molar-refractivity contribution in [3.63, 3.8) is 0 Å². The molecule has 0 bridgehead atoms. The van der Waals surface area contributed by atoms with Crippen molar-refractivity contribution in [1.82, 2.24) is 5.32 Å². The number of carbonyl (C=O) groups is 1. The lowest BCUT2D eigenvalue weighted by atomic mass is 9.78. The molecule has 114 valence electrons. The maximum Gasteiger partial charge on any atom is 0.407 e. The molecule has 0 aliphatic heterocycles. The van der Waals surface area contributed by atoms with Gasteiger partial charge in [-0.2, -0.15) is 0 Å². The second-order valence-corrected chi connectivity index (χ2v) is 5.69. The van der Waals surface area contributed by atoms with Crippen LogP contribution in [0.15, 0.2) is 43.0 Å². The van der Waals surface area contributed by atoms with E-state index in [1.165, 1.54) is 0 Å². The third-order valence-electron chi connectivity index (χ3n) is 4.03. The first-order valence-corrected chi connectivity index (χ1v) is 7.41. The summed E-state index contributed by atoms with van der Waals surface area (Å²) < 4.78 is 5.28. The number of carbonyl (C=O) groups excluding carboxylic acids is 1. The van der Waals surface area contributed by atoms with Crippen LogP contribution in [0.3, 0.4) is 0 Å². The number of alkyl carbamates (subject to hydrolysis) is 1. The lowest BCUT2D eigenvalue weighted by molar-refractivity contribution is 0.0735. The number of aliphatic hydroxyl groups excluding tert-OH is 1. The molecule has 1 aromatic carbocycles. The van der Waals surface area contributed by atoms with Crippen LogP contribution in [0.2, 0.25) is 0 Å². The molecule has 1 saturated carbocycles. The second kappa shape index (κ2) is 7.27. The lowest BCUT2D eigenvalue weighted by Gasteiger charge is -2.38. The van der Waals surface area contributed by atoms with Crippen LogP contribution in [0.4, 0.5) is 4.79 Å². The molecule has 0 spiro atoms. The Morgan fingerprint density at radius 3 is 2.67 bits per heavy atom. The molecular formula is C17H23NO3. The Morgan fingerprint density at radius 2 is 2.05 bits per heavy atom. The highest BCUT2D eigenvalue weighted by Crippen LogP contribution is 2.31. The SMILES string of the molecule is C=CCC1(NC(=O)OCc2ccccc2)CCC(O)CC1. The molecule has 0 aromatic heterocycles. The Labute approximate surface area is 125 Å². The van der Waals surface area contributed by atoms with Gasteiger partial charge < -0.3 is 15.2 Å². The number of aliphatic hydroxyl groups is 1. The standard InChI is InChI=1S/C17H23NO3/c1-2-10-17(11-8-15(19)9-12-17)18-16(20)21-13-14-6-4-3-5-7-14/h2-7,15,19H,1,8-13H2,(H,18,20). The van der Waals surface area contributed by atoms with Crippen LogP contribution in [-0.4, -0.2) is 22.8 Å². The van der Waals surface area contributed by atoms with E-state index in [2.05, 4.69) is 11.9 Å². The van der Waals surface area contributed by atoms with E-state index >= 15 is 0 Å². The zero-order valence-corrected chi connectivity index (χ0v) is 12.3. The molecule has 1 amide bonds. The molecule has 1 fully saturated rings. The van der Waals surface area contributed by atoms with Crippen molar-refractivity contribution >= 4 is 6.09 Å². The van der Waals surface area contributed by atoms with Crippen molar-refractivity contribution in [1.29, 1.82) is 0 Å². The van der Waals surface area contributed by atoms with Crippen LogP contribution in [0.25, 0.3) is 0 Å². The summed E-state index contributed by atoms with van der Waals surface area (Å²) in [6, 6.07) is 9.60. The average molecular weight is 289 g/mol. The number of benzene rings is 1. The molecule has 2 rings (SSSR count). The van der Waals surface area contributed by atoms with Gasteiger partial charge in [0.25, 0.3) is 0 Å². The van der Waals surface area contributed by atoms with Crippen LogP contribution in [-0.2, 0) is 11.3 Å². The number of rotatable bonds is 5. The largest absolute Gasteiger partial charge is 0.445 e. The molecule has 0 unspecified atom stereocenters. The molecule has 0 saturated heterocycles. The fourth-order valence-corrected chi connectivity index (χ4v) is 2.79. The Hall–Kier alpha value is -1.81. The fraction of sp³-hybridized carbons (Fsp3) is 0.471. The van der Waals surface area contributed by atoms with Gasteiger partial charge in [0.1, 0.15) is 6.61 Å². The minimum Gasteiger partial charge on any atom is -0.445 e. The Kier molecular flexibility index (Phi) is 5.39. The molecule has 4 heteroatoms. The van der Waals surface area contributed by atoms with E-state index in [4.69, 9.17) is 4.74 Å². The predicted molar refractivity (Wildman–Crippen MR) is 81.8 cm³/mol. The Bertz CT molecular complexity index is 464. The van der Waals surface area contributed by atoms with Gasteiger partial charge in [0.15, 0.2) is 0 Å².